The third-order valence-corrected chi connectivity index (χ3v) is 3.49. The van der Waals surface area contributed by atoms with Gasteiger partial charge >= 0.3 is 0 Å². The largest absolute Gasteiger partial charge is 0.397 e. The number of nitrogen functional groups attached to an aromatic ring is 1. The van der Waals surface area contributed by atoms with Crippen molar-refractivity contribution in [2.45, 2.75) is 25.8 Å². The van der Waals surface area contributed by atoms with E-state index in [-0.39, 0.29) is 5.82 Å². The first-order valence-electron chi connectivity index (χ1n) is 5.13. The van der Waals surface area contributed by atoms with Crippen molar-refractivity contribution in [3.05, 3.63) is 22.4 Å². The summed E-state index contributed by atoms with van der Waals surface area (Å²) in [5, 5.41) is 3.27. The lowest BCUT2D eigenvalue weighted by Gasteiger charge is -2.09. The van der Waals surface area contributed by atoms with E-state index in [1.807, 2.05) is 0 Å². The van der Waals surface area contributed by atoms with E-state index in [0.717, 1.165) is 18.8 Å². The number of hydrogen-bond acceptors (Lipinski definition) is 2. The monoisotopic (exact) mass is 272 g/mol. The number of hydrogen-bond donors (Lipinski definition) is 2. The van der Waals surface area contributed by atoms with Gasteiger partial charge in [0.25, 0.3) is 0 Å². The Balaban J connectivity index is 2.12. The molecule has 1 aromatic rings. The van der Waals surface area contributed by atoms with Gasteiger partial charge in [-0.1, -0.05) is 13.3 Å². The van der Waals surface area contributed by atoms with Crippen LogP contribution < -0.4 is 11.1 Å². The maximum Gasteiger partial charge on any atom is 0.139 e. The number of halogens is 2. The summed E-state index contributed by atoms with van der Waals surface area (Å²) in [6.45, 7) is 2.16. The molecule has 0 aromatic heterocycles. The molecule has 0 bridgehead atoms. The Morgan fingerprint density at radius 2 is 2.33 bits per heavy atom. The lowest BCUT2D eigenvalue weighted by Crippen LogP contribution is -2.07. The Bertz CT molecular complexity index is 381. The average molecular weight is 273 g/mol. The predicted octanol–water partition coefficient (Wildman–Crippen LogP) is 3.38. The quantitative estimate of drug-likeness (QED) is 0.828. The van der Waals surface area contributed by atoms with Crippen molar-refractivity contribution in [1.82, 2.24) is 0 Å². The lowest BCUT2D eigenvalue weighted by molar-refractivity contribution is 0.621. The molecule has 0 heterocycles. The normalized spacial score (nSPS) is 23.9. The SMILES string of the molecule is CCC1CC1Nc1cc(F)c(Br)cc1N. The van der Waals surface area contributed by atoms with E-state index < -0.39 is 0 Å². The maximum absolute atomic E-state index is 13.3. The molecule has 4 heteroatoms. The molecule has 2 nitrogen and oxygen atoms in total. The second-order valence-electron chi connectivity index (χ2n) is 4.01. The fraction of sp³-hybridized carbons (Fsp3) is 0.455. The van der Waals surface area contributed by atoms with Gasteiger partial charge in [0, 0.05) is 12.1 Å². The van der Waals surface area contributed by atoms with E-state index in [1.54, 1.807) is 6.07 Å². The van der Waals surface area contributed by atoms with Crippen LogP contribution in [0.25, 0.3) is 0 Å². The summed E-state index contributed by atoms with van der Waals surface area (Å²) in [6.07, 6.45) is 2.32. The van der Waals surface area contributed by atoms with Crippen molar-refractivity contribution in [2.24, 2.45) is 5.92 Å². The highest BCUT2D eigenvalue weighted by Gasteiger charge is 2.35. The summed E-state index contributed by atoms with van der Waals surface area (Å²) < 4.78 is 13.7. The molecular formula is C11H14BrFN2. The molecule has 2 rings (SSSR count). The van der Waals surface area contributed by atoms with Crippen molar-refractivity contribution in [2.75, 3.05) is 11.1 Å². The van der Waals surface area contributed by atoms with Gasteiger partial charge in [-0.3, -0.25) is 0 Å². The van der Waals surface area contributed by atoms with Gasteiger partial charge in [-0.2, -0.15) is 0 Å². The second-order valence-corrected chi connectivity index (χ2v) is 4.86. The van der Waals surface area contributed by atoms with Crippen LogP contribution >= 0.6 is 15.9 Å². The summed E-state index contributed by atoms with van der Waals surface area (Å²) in [5.41, 5.74) is 7.09. The Kier molecular flexibility index (Phi) is 2.87. The number of nitrogens with one attached hydrogen (secondary N) is 1. The van der Waals surface area contributed by atoms with Crippen molar-refractivity contribution in [3.8, 4) is 0 Å². The lowest BCUT2D eigenvalue weighted by atomic mass is 10.2. The van der Waals surface area contributed by atoms with E-state index >= 15 is 0 Å². The minimum Gasteiger partial charge on any atom is -0.397 e. The first-order valence-corrected chi connectivity index (χ1v) is 5.92. The predicted molar refractivity (Wildman–Crippen MR) is 64.3 cm³/mol. The van der Waals surface area contributed by atoms with Crippen LogP contribution in [0.15, 0.2) is 16.6 Å². The summed E-state index contributed by atoms with van der Waals surface area (Å²) >= 11 is 3.10. The Morgan fingerprint density at radius 3 is 2.93 bits per heavy atom. The second kappa shape index (κ2) is 4.00. The molecule has 1 aromatic carbocycles. The van der Waals surface area contributed by atoms with Crippen LogP contribution in [0.1, 0.15) is 19.8 Å². The van der Waals surface area contributed by atoms with Crippen molar-refractivity contribution in [3.63, 3.8) is 0 Å². The molecule has 0 radical (unpaired) electrons. The molecule has 2 atom stereocenters. The number of anilines is 2. The van der Waals surface area contributed by atoms with Crippen LogP contribution in [0.4, 0.5) is 15.8 Å². The number of nitrogens with two attached hydrogens (primary N) is 1. The zero-order valence-corrected chi connectivity index (χ0v) is 10.1. The molecule has 1 saturated carbocycles. The molecule has 3 N–H and O–H groups in total. The summed E-state index contributed by atoms with van der Waals surface area (Å²) in [5.74, 6) is 0.441. The minimum absolute atomic E-state index is 0.277. The molecule has 15 heavy (non-hydrogen) atoms. The molecule has 2 unspecified atom stereocenters. The van der Waals surface area contributed by atoms with Crippen LogP contribution in [0.2, 0.25) is 0 Å². The number of rotatable bonds is 3. The van der Waals surface area contributed by atoms with E-state index in [9.17, 15) is 4.39 Å². The fourth-order valence-corrected chi connectivity index (χ4v) is 2.12. The smallest absolute Gasteiger partial charge is 0.139 e. The molecule has 0 aliphatic heterocycles. The van der Waals surface area contributed by atoms with Crippen LogP contribution in [-0.2, 0) is 0 Å². The van der Waals surface area contributed by atoms with Crippen LogP contribution in [0.5, 0.6) is 0 Å². The number of benzene rings is 1. The van der Waals surface area contributed by atoms with Gasteiger partial charge in [-0.25, -0.2) is 4.39 Å². The first kappa shape index (κ1) is 10.7. The van der Waals surface area contributed by atoms with Gasteiger partial charge in [0.05, 0.1) is 15.8 Å². The first-order chi connectivity index (χ1) is 7.11. The molecule has 0 saturated heterocycles. The molecule has 0 spiro atoms. The minimum atomic E-state index is -0.277. The van der Waals surface area contributed by atoms with Crippen LogP contribution in [0.3, 0.4) is 0 Å². The molecule has 1 aliphatic rings. The Morgan fingerprint density at radius 1 is 1.60 bits per heavy atom. The van der Waals surface area contributed by atoms with Gasteiger partial charge in [0.1, 0.15) is 5.82 Å². The molecule has 1 aliphatic carbocycles. The van der Waals surface area contributed by atoms with E-state index in [4.69, 9.17) is 5.73 Å². The highest BCUT2D eigenvalue weighted by atomic mass is 79.9. The average Bonchev–Trinajstić information content (AvgIpc) is 2.93. The zero-order valence-electron chi connectivity index (χ0n) is 8.56. The van der Waals surface area contributed by atoms with Gasteiger partial charge in [-0.15, -0.1) is 0 Å². The van der Waals surface area contributed by atoms with Crippen molar-refractivity contribution >= 4 is 27.3 Å². The highest BCUT2D eigenvalue weighted by molar-refractivity contribution is 9.10. The topological polar surface area (TPSA) is 38.0 Å². The van der Waals surface area contributed by atoms with Crippen LogP contribution in [0, 0.1) is 11.7 Å². The van der Waals surface area contributed by atoms with Crippen molar-refractivity contribution in [1.29, 1.82) is 0 Å². The highest BCUT2D eigenvalue weighted by Crippen LogP contribution is 2.38. The van der Waals surface area contributed by atoms with E-state index in [0.29, 0.717) is 21.9 Å². The van der Waals surface area contributed by atoms with Gasteiger partial charge < -0.3 is 11.1 Å². The van der Waals surface area contributed by atoms with Crippen LogP contribution in [-0.4, -0.2) is 6.04 Å². The summed E-state index contributed by atoms with van der Waals surface area (Å²) in [6, 6.07) is 3.52. The maximum atomic E-state index is 13.3. The van der Waals surface area contributed by atoms with Gasteiger partial charge in [-0.05, 0) is 34.3 Å². The van der Waals surface area contributed by atoms with Crippen molar-refractivity contribution < 1.29 is 4.39 Å². The zero-order chi connectivity index (χ0) is 11.0. The van der Waals surface area contributed by atoms with E-state index in [2.05, 4.69) is 28.2 Å². The summed E-state index contributed by atoms with van der Waals surface area (Å²) in [7, 11) is 0. The molecular weight excluding hydrogens is 259 g/mol. The van der Waals surface area contributed by atoms with E-state index in [1.165, 1.54) is 6.07 Å². The summed E-state index contributed by atoms with van der Waals surface area (Å²) in [4.78, 5) is 0. The van der Waals surface area contributed by atoms with Gasteiger partial charge in [0.2, 0.25) is 0 Å². The standard InChI is InChI=1S/C11H14BrFN2/c1-2-6-3-10(6)15-11-5-8(13)7(12)4-9(11)14/h4-6,10,15H,2-3,14H2,1H3. The Labute approximate surface area is 97.2 Å². The third-order valence-electron chi connectivity index (χ3n) is 2.88. The fourth-order valence-electron chi connectivity index (χ4n) is 1.76. The Hall–Kier alpha value is -0.770. The molecule has 0 amide bonds. The molecule has 1 fully saturated rings. The third kappa shape index (κ3) is 2.25. The van der Waals surface area contributed by atoms with Gasteiger partial charge in [0.15, 0.2) is 0 Å². The molecule has 82 valence electrons.